The van der Waals surface area contributed by atoms with Crippen LogP contribution in [0.4, 0.5) is 0 Å². The number of methoxy groups -OCH3 is 1. The lowest BCUT2D eigenvalue weighted by Crippen LogP contribution is -2.36. The second-order valence-corrected chi connectivity index (χ2v) is 7.46. The normalized spacial score (nSPS) is 24.7. The van der Waals surface area contributed by atoms with Crippen LogP contribution in [0.25, 0.3) is 0 Å². The summed E-state index contributed by atoms with van der Waals surface area (Å²) in [5.41, 5.74) is 2.20. The minimum absolute atomic E-state index is 0.0836. The zero-order valence-electron chi connectivity index (χ0n) is 16.2. The number of hydrogen-bond donors (Lipinski definition) is 0. The van der Waals surface area contributed by atoms with E-state index >= 15 is 0 Å². The topological polar surface area (TPSA) is 74.2 Å². The fourth-order valence-corrected chi connectivity index (χ4v) is 4.02. The summed E-state index contributed by atoms with van der Waals surface area (Å²) < 4.78 is 16.1. The standard InChI is InChI=1S/C21H24ClNO5/c1-12-17(20(24)26-3)19(14-6-4-7-15(22)10-14)18(13(2)23-12)21(25)28-11-16-8-5-9-27-16/h4,6-7,10,16-17,19H,5,8-9,11H2,1-3H3/t16-,17?,19+/m0/s1. The van der Waals surface area contributed by atoms with Crippen molar-refractivity contribution in [2.75, 3.05) is 20.3 Å². The van der Waals surface area contributed by atoms with E-state index in [1.165, 1.54) is 7.11 Å². The predicted octanol–water partition coefficient (Wildman–Crippen LogP) is 3.68. The molecular formula is C21H24ClNO5. The van der Waals surface area contributed by atoms with Gasteiger partial charge in [-0.2, -0.15) is 0 Å². The maximum absolute atomic E-state index is 13.0. The lowest BCUT2D eigenvalue weighted by atomic mass is 9.75. The van der Waals surface area contributed by atoms with Crippen molar-refractivity contribution in [2.45, 2.75) is 38.7 Å². The third-order valence-corrected chi connectivity index (χ3v) is 5.37. The Hall–Kier alpha value is -2.18. The van der Waals surface area contributed by atoms with Crippen LogP contribution in [0.3, 0.4) is 0 Å². The van der Waals surface area contributed by atoms with Crippen LogP contribution in [0.1, 0.15) is 38.2 Å². The van der Waals surface area contributed by atoms with Gasteiger partial charge in [-0.1, -0.05) is 23.7 Å². The number of hydrogen-bond acceptors (Lipinski definition) is 6. The van der Waals surface area contributed by atoms with Gasteiger partial charge in [-0.05, 0) is 44.4 Å². The third-order valence-electron chi connectivity index (χ3n) is 5.14. The van der Waals surface area contributed by atoms with E-state index in [1.807, 2.05) is 6.07 Å². The molecule has 3 atom stereocenters. The van der Waals surface area contributed by atoms with Crippen LogP contribution < -0.4 is 0 Å². The Bertz CT molecular complexity index is 826. The number of halogens is 1. The SMILES string of the molecule is COC(=O)C1C(C)=NC(C)=C(C(=O)OC[C@@H]2CCCO2)[C@@H]1c1cccc(Cl)c1. The molecular weight excluding hydrogens is 382 g/mol. The minimum atomic E-state index is -0.725. The molecule has 2 heterocycles. The molecule has 0 aromatic heterocycles. The zero-order valence-corrected chi connectivity index (χ0v) is 17.0. The average molecular weight is 406 g/mol. The maximum atomic E-state index is 13.0. The molecule has 0 amide bonds. The van der Waals surface area contributed by atoms with Crippen molar-refractivity contribution in [1.29, 1.82) is 0 Å². The molecule has 1 aromatic carbocycles. The quantitative estimate of drug-likeness (QED) is 0.698. The van der Waals surface area contributed by atoms with Gasteiger partial charge in [0.05, 0.1) is 18.8 Å². The van der Waals surface area contributed by atoms with E-state index in [2.05, 4.69) is 4.99 Å². The Labute approximate surface area is 169 Å². The van der Waals surface area contributed by atoms with E-state index in [0.717, 1.165) is 18.4 Å². The lowest BCUT2D eigenvalue weighted by molar-refractivity contribution is -0.144. The molecule has 0 radical (unpaired) electrons. The molecule has 1 aromatic rings. The number of allylic oxidation sites excluding steroid dienone is 1. The molecule has 7 heteroatoms. The van der Waals surface area contributed by atoms with E-state index in [0.29, 0.717) is 28.6 Å². The van der Waals surface area contributed by atoms with Crippen LogP contribution in [0.15, 0.2) is 40.5 Å². The van der Waals surface area contributed by atoms with Crippen LogP contribution in [-0.4, -0.2) is 44.1 Å². The smallest absolute Gasteiger partial charge is 0.336 e. The van der Waals surface area contributed by atoms with Gasteiger partial charge >= 0.3 is 11.9 Å². The Morgan fingerprint density at radius 3 is 2.75 bits per heavy atom. The summed E-state index contributed by atoms with van der Waals surface area (Å²) in [5, 5.41) is 0.519. The highest BCUT2D eigenvalue weighted by molar-refractivity contribution is 6.30. The fourth-order valence-electron chi connectivity index (χ4n) is 3.82. The van der Waals surface area contributed by atoms with Crippen molar-refractivity contribution >= 4 is 29.3 Å². The summed E-state index contributed by atoms with van der Waals surface area (Å²) in [5.74, 6) is -2.26. The summed E-state index contributed by atoms with van der Waals surface area (Å²) in [6.45, 7) is 4.38. The Morgan fingerprint density at radius 2 is 2.11 bits per heavy atom. The largest absolute Gasteiger partial charge is 0.468 e. The highest BCUT2D eigenvalue weighted by Gasteiger charge is 2.42. The first-order valence-corrected chi connectivity index (χ1v) is 9.68. The minimum Gasteiger partial charge on any atom is -0.468 e. The first-order valence-electron chi connectivity index (χ1n) is 9.30. The summed E-state index contributed by atoms with van der Waals surface area (Å²) in [7, 11) is 1.32. The molecule has 150 valence electrons. The molecule has 28 heavy (non-hydrogen) atoms. The van der Waals surface area contributed by atoms with Gasteiger partial charge in [-0.3, -0.25) is 9.79 Å². The van der Waals surface area contributed by atoms with Gasteiger partial charge < -0.3 is 14.2 Å². The predicted molar refractivity (Wildman–Crippen MR) is 105 cm³/mol. The fraction of sp³-hybridized carbons (Fsp3) is 0.476. The highest BCUT2D eigenvalue weighted by Crippen LogP contribution is 2.40. The number of rotatable bonds is 5. The number of aliphatic imine (C=N–C) groups is 1. The first-order chi connectivity index (χ1) is 13.4. The summed E-state index contributed by atoms with van der Waals surface area (Å²) >= 11 is 6.18. The second-order valence-electron chi connectivity index (χ2n) is 7.02. The highest BCUT2D eigenvalue weighted by atomic mass is 35.5. The number of nitrogens with zero attached hydrogens (tertiary/aromatic N) is 1. The van der Waals surface area contributed by atoms with Crippen LogP contribution in [-0.2, 0) is 23.8 Å². The van der Waals surface area contributed by atoms with Crippen LogP contribution >= 0.6 is 11.6 Å². The summed E-state index contributed by atoms with van der Waals surface area (Å²) in [6.07, 6.45) is 1.74. The van der Waals surface area contributed by atoms with E-state index in [-0.39, 0.29) is 12.7 Å². The molecule has 1 fully saturated rings. The van der Waals surface area contributed by atoms with Gasteiger partial charge in [0.1, 0.15) is 12.5 Å². The van der Waals surface area contributed by atoms with E-state index in [9.17, 15) is 9.59 Å². The maximum Gasteiger partial charge on any atom is 0.336 e. The van der Waals surface area contributed by atoms with Gasteiger partial charge in [0, 0.05) is 29.0 Å². The molecule has 1 unspecified atom stereocenters. The van der Waals surface area contributed by atoms with Gasteiger partial charge in [-0.25, -0.2) is 4.79 Å². The molecule has 2 aliphatic rings. The molecule has 3 rings (SSSR count). The summed E-state index contributed by atoms with van der Waals surface area (Å²) in [6, 6.07) is 7.12. The number of carbonyl (C=O) groups is 2. The lowest BCUT2D eigenvalue weighted by Gasteiger charge is -2.31. The number of ether oxygens (including phenoxy) is 3. The first kappa shape index (κ1) is 20.6. The molecule has 0 spiro atoms. The van der Waals surface area contributed by atoms with Crippen molar-refractivity contribution in [3.63, 3.8) is 0 Å². The van der Waals surface area contributed by atoms with Gasteiger partial charge in [-0.15, -0.1) is 0 Å². The van der Waals surface area contributed by atoms with E-state index < -0.39 is 23.8 Å². The molecule has 0 aliphatic carbocycles. The van der Waals surface area contributed by atoms with Crippen LogP contribution in [0, 0.1) is 5.92 Å². The molecule has 0 N–H and O–H groups in total. The molecule has 0 saturated carbocycles. The number of carbonyl (C=O) groups excluding carboxylic acids is 2. The van der Waals surface area contributed by atoms with Gasteiger partial charge in [0.15, 0.2) is 0 Å². The van der Waals surface area contributed by atoms with Crippen molar-refractivity contribution in [2.24, 2.45) is 10.9 Å². The van der Waals surface area contributed by atoms with Crippen molar-refractivity contribution in [1.82, 2.24) is 0 Å². The number of esters is 2. The van der Waals surface area contributed by atoms with Gasteiger partial charge in [0.2, 0.25) is 0 Å². The Kier molecular flexibility index (Phi) is 6.52. The third kappa shape index (κ3) is 4.28. The van der Waals surface area contributed by atoms with Crippen LogP contribution in [0.2, 0.25) is 5.02 Å². The van der Waals surface area contributed by atoms with E-state index in [1.54, 1.807) is 32.0 Å². The average Bonchev–Trinajstić information content (AvgIpc) is 3.18. The van der Waals surface area contributed by atoms with E-state index in [4.69, 9.17) is 25.8 Å². The van der Waals surface area contributed by atoms with Crippen molar-refractivity contribution < 1.29 is 23.8 Å². The van der Waals surface area contributed by atoms with Crippen LogP contribution in [0.5, 0.6) is 0 Å². The van der Waals surface area contributed by atoms with Gasteiger partial charge in [0.25, 0.3) is 0 Å². The zero-order chi connectivity index (χ0) is 20.3. The Morgan fingerprint density at radius 1 is 1.32 bits per heavy atom. The molecule has 0 bridgehead atoms. The van der Waals surface area contributed by atoms with Crippen molar-refractivity contribution in [3.05, 3.63) is 46.1 Å². The summed E-state index contributed by atoms with van der Waals surface area (Å²) in [4.78, 5) is 30.0. The Balaban J connectivity index is 1.98. The molecule has 6 nitrogen and oxygen atoms in total. The van der Waals surface area contributed by atoms with Crippen molar-refractivity contribution in [3.8, 4) is 0 Å². The second kappa shape index (κ2) is 8.88. The molecule has 2 aliphatic heterocycles. The monoisotopic (exact) mass is 405 g/mol. The number of benzene rings is 1. The molecule has 1 saturated heterocycles.